The molecule has 0 amide bonds. The number of nitrogens with zero attached hydrogens (tertiary/aromatic N) is 1. The van der Waals surface area contributed by atoms with Gasteiger partial charge in [-0.05, 0) is 18.5 Å². The van der Waals surface area contributed by atoms with Crippen LogP contribution in [0.5, 0.6) is 0 Å². The minimum absolute atomic E-state index is 0.140. The lowest BCUT2D eigenvalue weighted by Gasteiger charge is -2.06. The summed E-state index contributed by atoms with van der Waals surface area (Å²) in [6, 6.07) is 0. The topological polar surface area (TPSA) is 30.0 Å². The van der Waals surface area contributed by atoms with Crippen molar-refractivity contribution in [1.29, 1.82) is 0 Å². The smallest absolute Gasteiger partial charge is 0.266 e. The van der Waals surface area contributed by atoms with E-state index < -0.39 is 28.6 Å². The van der Waals surface area contributed by atoms with Crippen LogP contribution in [0.3, 0.4) is 0 Å². The highest BCUT2D eigenvalue weighted by Crippen LogP contribution is 2.26. The molecule has 1 aromatic rings. The van der Waals surface area contributed by atoms with Crippen LogP contribution in [0.1, 0.15) is 28.0 Å². The number of hydrogen-bond donors (Lipinski definition) is 0. The van der Waals surface area contributed by atoms with Crippen molar-refractivity contribution >= 4 is 16.8 Å². The third kappa shape index (κ3) is 1.87. The summed E-state index contributed by atoms with van der Waals surface area (Å²) in [5, 5.41) is -1.25. The summed E-state index contributed by atoms with van der Waals surface area (Å²) in [6.07, 6.45) is -2.23. The van der Waals surface area contributed by atoms with Crippen LogP contribution in [0.25, 0.3) is 0 Å². The van der Waals surface area contributed by atoms with Gasteiger partial charge in [-0.25, -0.2) is 13.2 Å². The van der Waals surface area contributed by atoms with E-state index in [1.165, 1.54) is 6.92 Å². The number of carbonyl (C=O) groups excluding carboxylic acids is 1. The van der Waals surface area contributed by atoms with Gasteiger partial charge in [0, 0.05) is 6.20 Å². The molecule has 76 valence electrons. The SMILES string of the molecule is Cc1ncc(C(F)F)c(C(=O)Cl)c1F. The summed E-state index contributed by atoms with van der Waals surface area (Å²) in [7, 11) is 0. The number of carbonyl (C=O) groups is 1. The largest absolute Gasteiger partial charge is 0.275 e. The predicted octanol–water partition coefficient (Wildman–Crippen LogP) is 2.85. The van der Waals surface area contributed by atoms with Crippen LogP contribution in [0, 0.1) is 12.7 Å². The maximum atomic E-state index is 13.2. The van der Waals surface area contributed by atoms with Crippen LogP contribution in [-0.4, -0.2) is 10.2 Å². The normalized spacial score (nSPS) is 10.7. The number of aryl methyl sites for hydroxylation is 1. The maximum Gasteiger partial charge on any atom is 0.266 e. The molecule has 0 atom stereocenters. The third-order valence-electron chi connectivity index (χ3n) is 1.65. The van der Waals surface area contributed by atoms with Gasteiger partial charge in [0.15, 0.2) is 5.82 Å². The maximum absolute atomic E-state index is 13.2. The first-order chi connectivity index (χ1) is 6.45. The Morgan fingerprint density at radius 2 is 2.14 bits per heavy atom. The van der Waals surface area contributed by atoms with Crippen LogP contribution in [0.15, 0.2) is 6.20 Å². The highest BCUT2D eigenvalue weighted by atomic mass is 35.5. The zero-order valence-corrected chi connectivity index (χ0v) is 7.78. The van der Waals surface area contributed by atoms with Gasteiger partial charge in [-0.3, -0.25) is 9.78 Å². The van der Waals surface area contributed by atoms with E-state index in [2.05, 4.69) is 4.98 Å². The van der Waals surface area contributed by atoms with Gasteiger partial charge in [-0.1, -0.05) is 0 Å². The molecule has 1 aromatic heterocycles. The lowest BCUT2D eigenvalue weighted by molar-refractivity contribution is 0.106. The van der Waals surface area contributed by atoms with Crippen LogP contribution in [0.2, 0.25) is 0 Å². The highest BCUT2D eigenvalue weighted by Gasteiger charge is 2.23. The Labute approximate surface area is 82.7 Å². The lowest BCUT2D eigenvalue weighted by Crippen LogP contribution is -2.06. The summed E-state index contributed by atoms with van der Waals surface area (Å²) in [5.74, 6) is -1.09. The fourth-order valence-electron chi connectivity index (χ4n) is 0.960. The summed E-state index contributed by atoms with van der Waals surface area (Å²) < 4.78 is 37.7. The molecule has 0 saturated heterocycles. The van der Waals surface area contributed by atoms with Crippen molar-refractivity contribution in [3.63, 3.8) is 0 Å². The number of hydrogen-bond acceptors (Lipinski definition) is 2. The average molecular weight is 224 g/mol. The summed E-state index contributed by atoms with van der Waals surface area (Å²) in [5.41, 5.74) is -1.72. The molecule has 0 bridgehead atoms. The third-order valence-corrected chi connectivity index (χ3v) is 1.84. The van der Waals surface area contributed by atoms with Crippen LogP contribution in [0.4, 0.5) is 13.2 Å². The Bertz CT molecular complexity index is 381. The predicted molar refractivity (Wildman–Crippen MR) is 44.1 cm³/mol. The second kappa shape index (κ2) is 3.96. The van der Waals surface area contributed by atoms with E-state index in [4.69, 9.17) is 11.6 Å². The van der Waals surface area contributed by atoms with Gasteiger partial charge in [0.2, 0.25) is 0 Å². The van der Waals surface area contributed by atoms with E-state index in [1.54, 1.807) is 0 Å². The van der Waals surface area contributed by atoms with E-state index in [9.17, 15) is 18.0 Å². The number of pyridine rings is 1. The van der Waals surface area contributed by atoms with Gasteiger partial charge < -0.3 is 0 Å². The Balaban J connectivity index is 3.45. The fourth-order valence-corrected chi connectivity index (χ4v) is 1.15. The molecular weight excluding hydrogens is 219 g/mol. The van der Waals surface area contributed by atoms with Crippen LogP contribution < -0.4 is 0 Å². The zero-order valence-electron chi connectivity index (χ0n) is 7.02. The Morgan fingerprint density at radius 3 is 2.57 bits per heavy atom. The van der Waals surface area contributed by atoms with Gasteiger partial charge in [-0.2, -0.15) is 0 Å². The van der Waals surface area contributed by atoms with Crippen molar-refractivity contribution in [2.45, 2.75) is 13.3 Å². The molecule has 0 saturated carbocycles. The Hall–Kier alpha value is -1.10. The van der Waals surface area contributed by atoms with Crippen molar-refractivity contribution in [2.24, 2.45) is 0 Å². The van der Waals surface area contributed by atoms with Gasteiger partial charge in [-0.15, -0.1) is 0 Å². The second-order valence-electron chi connectivity index (χ2n) is 2.56. The van der Waals surface area contributed by atoms with E-state index >= 15 is 0 Å². The molecule has 1 heterocycles. The molecule has 0 unspecified atom stereocenters. The van der Waals surface area contributed by atoms with Gasteiger partial charge >= 0.3 is 0 Å². The van der Waals surface area contributed by atoms with Gasteiger partial charge in [0.1, 0.15) is 0 Å². The summed E-state index contributed by atoms with van der Waals surface area (Å²) in [6.45, 7) is 1.26. The van der Waals surface area contributed by atoms with E-state index in [0.29, 0.717) is 0 Å². The van der Waals surface area contributed by atoms with Crippen molar-refractivity contribution in [2.75, 3.05) is 0 Å². The lowest BCUT2D eigenvalue weighted by atomic mass is 10.1. The van der Waals surface area contributed by atoms with Crippen molar-refractivity contribution in [1.82, 2.24) is 4.98 Å². The van der Waals surface area contributed by atoms with Gasteiger partial charge in [0.05, 0.1) is 16.8 Å². The number of aromatic nitrogens is 1. The molecule has 0 radical (unpaired) electrons. The monoisotopic (exact) mass is 223 g/mol. The first kappa shape index (κ1) is 11.0. The quantitative estimate of drug-likeness (QED) is 0.722. The molecule has 0 spiro atoms. The molecular formula is C8H5ClF3NO. The molecule has 14 heavy (non-hydrogen) atoms. The molecule has 2 nitrogen and oxygen atoms in total. The average Bonchev–Trinajstić information content (AvgIpc) is 2.08. The van der Waals surface area contributed by atoms with E-state index in [0.717, 1.165) is 6.20 Å². The molecule has 0 aliphatic heterocycles. The minimum Gasteiger partial charge on any atom is -0.275 e. The Morgan fingerprint density at radius 1 is 1.57 bits per heavy atom. The standard InChI is InChI=1S/C8H5ClF3NO/c1-3-6(10)5(7(9)14)4(2-13-3)8(11)12/h2,8H,1H3. The fraction of sp³-hybridized carbons (Fsp3) is 0.250. The number of rotatable bonds is 2. The molecule has 0 aliphatic rings. The van der Waals surface area contributed by atoms with E-state index in [1.807, 2.05) is 0 Å². The number of alkyl halides is 2. The van der Waals surface area contributed by atoms with E-state index in [-0.39, 0.29) is 5.69 Å². The minimum atomic E-state index is -2.98. The summed E-state index contributed by atoms with van der Waals surface area (Å²) in [4.78, 5) is 14.1. The molecule has 0 aromatic carbocycles. The van der Waals surface area contributed by atoms with Gasteiger partial charge in [0.25, 0.3) is 11.7 Å². The first-order valence-electron chi connectivity index (χ1n) is 3.58. The molecule has 6 heteroatoms. The van der Waals surface area contributed by atoms with Crippen molar-refractivity contribution in [3.8, 4) is 0 Å². The van der Waals surface area contributed by atoms with Crippen molar-refractivity contribution in [3.05, 3.63) is 28.8 Å². The van der Waals surface area contributed by atoms with Crippen molar-refractivity contribution < 1.29 is 18.0 Å². The zero-order chi connectivity index (χ0) is 10.9. The number of halogens is 4. The summed E-state index contributed by atoms with van der Waals surface area (Å²) >= 11 is 4.99. The van der Waals surface area contributed by atoms with Crippen LogP contribution in [-0.2, 0) is 0 Å². The highest BCUT2D eigenvalue weighted by molar-refractivity contribution is 6.68. The second-order valence-corrected chi connectivity index (χ2v) is 2.91. The van der Waals surface area contributed by atoms with Crippen LogP contribution >= 0.6 is 11.6 Å². The first-order valence-corrected chi connectivity index (χ1v) is 3.96. The molecule has 0 aliphatic carbocycles. The molecule has 0 fully saturated rings. The molecule has 1 rings (SSSR count). The molecule has 0 N–H and O–H groups in total. The Kier molecular flexibility index (Phi) is 3.10.